The molecule has 1 aliphatic heterocycles. The number of aryl methyl sites for hydroxylation is 2. The molecule has 122 valence electrons. The molecular weight excluding hydrogens is 306 g/mol. The van der Waals surface area contributed by atoms with Crippen LogP contribution in [0, 0.1) is 6.92 Å². The minimum atomic E-state index is 0.182. The molecular formula is C19H23NO2S. The molecule has 0 spiro atoms. The molecule has 0 radical (unpaired) electrons. The zero-order chi connectivity index (χ0) is 16.4. The summed E-state index contributed by atoms with van der Waals surface area (Å²) in [5.41, 5.74) is 2.50. The molecule has 1 aromatic heterocycles. The first kappa shape index (κ1) is 16.1. The number of hydrogen-bond donors (Lipinski definition) is 1. The topological polar surface area (TPSA) is 40.5 Å². The monoisotopic (exact) mass is 329 g/mol. The van der Waals surface area contributed by atoms with Crippen molar-refractivity contribution >= 4 is 17.2 Å². The second kappa shape index (κ2) is 6.75. The predicted molar refractivity (Wildman–Crippen MR) is 94.4 cm³/mol. The van der Waals surface area contributed by atoms with Gasteiger partial charge in [-0.05, 0) is 61.4 Å². The lowest BCUT2D eigenvalue weighted by Gasteiger charge is -2.32. The highest BCUT2D eigenvalue weighted by Gasteiger charge is 2.25. The first-order valence-corrected chi connectivity index (χ1v) is 9.07. The number of amides is 1. The Bertz CT molecular complexity index is 682. The van der Waals surface area contributed by atoms with E-state index in [-0.39, 0.29) is 5.91 Å². The zero-order valence-electron chi connectivity index (χ0n) is 13.7. The number of likely N-dealkylation sites (tertiary alicyclic amines) is 1. The van der Waals surface area contributed by atoms with Gasteiger partial charge in [0.25, 0.3) is 5.91 Å². The van der Waals surface area contributed by atoms with Crippen molar-refractivity contribution < 1.29 is 9.90 Å². The summed E-state index contributed by atoms with van der Waals surface area (Å²) in [6.07, 6.45) is 2.97. The number of carbonyl (C=O) groups is 1. The van der Waals surface area contributed by atoms with Gasteiger partial charge in [-0.3, -0.25) is 4.79 Å². The molecule has 3 nitrogen and oxygen atoms in total. The highest BCUT2D eigenvalue weighted by atomic mass is 32.1. The number of phenols is 1. The zero-order valence-corrected chi connectivity index (χ0v) is 14.5. The van der Waals surface area contributed by atoms with Crippen LogP contribution in [0.25, 0.3) is 0 Å². The van der Waals surface area contributed by atoms with E-state index >= 15 is 0 Å². The fourth-order valence-electron chi connectivity index (χ4n) is 3.29. The molecule has 1 N–H and O–H groups in total. The van der Waals surface area contributed by atoms with Crippen molar-refractivity contribution in [2.75, 3.05) is 13.1 Å². The molecule has 23 heavy (non-hydrogen) atoms. The Hall–Kier alpha value is -1.81. The summed E-state index contributed by atoms with van der Waals surface area (Å²) in [5.74, 6) is 0.971. The quantitative estimate of drug-likeness (QED) is 0.910. The molecule has 0 atom stereocenters. The van der Waals surface area contributed by atoms with Gasteiger partial charge in [0.05, 0.1) is 4.88 Å². The number of thiophene rings is 1. The maximum absolute atomic E-state index is 12.7. The van der Waals surface area contributed by atoms with Gasteiger partial charge >= 0.3 is 0 Å². The Morgan fingerprint density at radius 3 is 2.48 bits per heavy atom. The molecule has 0 saturated carbocycles. The second-order valence-electron chi connectivity index (χ2n) is 6.23. The molecule has 4 heteroatoms. The van der Waals surface area contributed by atoms with Crippen LogP contribution in [0.4, 0.5) is 0 Å². The first-order chi connectivity index (χ1) is 11.1. The lowest BCUT2D eigenvalue weighted by molar-refractivity contribution is 0.0718. The average Bonchev–Trinajstić information content (AvgIpc) is 2.96. The van der Waals surface area contributed by atoms with E-state index < -0.39 is 0 Å². The van der Waals surface area contributed by atoms with E-state index in [1.54, 1.807) is 23.5 Å². The molecule has 1 amide bonds. The van der Waals surface area contributed by atoms with Crippen molar-refractivity contribution in [2.24, 2.45) is 0 Å². The minimum absolute atomic E-state index is 0.182. The fourth-order valence-corrected chi connectivity index (χ4v) is 4.38. The van der Waals surface area contributed by atoms with Crippen molar-refractivity contribution in [3.63, 3.8) is 0 Å². The van der Waals surface area contributed by atoms with E-state index in [2.05, 4.69) is 13.8 Å². The summed E-state index contributed by atoms with van der Waals surface area (Å²) < 4.78 is 0. The molecule has 2 heterocycles. The maximum Gasteiger partial charge on any atom is 0.263 e. The lowest BCUT2D eigenvalue weighted by atomic mass is 9.89. The summed E-state index contributed by atoms with van der Waals surface area (Å²) in [6.45, 7) is 5.84. The van der Waals surface area contributed by atoms with Gasteiger partial charge in [0.1, 0.15) is 5.75 Å². The van der Waals surface area contributed by atoms with Gasteiger partial charge in [0, 0.05) is 18.0 Å². The Balaban J connectivity index is 1.64. The van der Waals surface area contributed by atoms with Crippen LogP contribution in [0.3, 0.4) is 0 Å². The van der Waals surface area contributed by atoms with Crippen molar-refractivity contribution in [3.8, 4) is 5.75 Å². The summed E-state index contributed by atoms with van der Waals surface area (Å²) in [7, 11) is 0. The van der Waals surface area contributed by atoms with Gasteiger partial charge in [-0.25, -0.2) is 0 Å². The molecule has 3 rings (SSSR count). The van der Waals surface area contributed by atoms with Gasteiger partial charge < -0.3 is 10.0 Å². The molecule has 1 aliphatic rings. The molecule has 0 unspecified atom stereocenters. The van der Waals surface area contributed by atoms with E-state index in [1.807, 2.05) is 23.1 Å². The molecule has 1 aromatic carbocycles. The molecule has 1 fully saturated rings. The summed E-state index contributed by atoms with van der Waals surface area (Å²) in [5, 5.41) is 9.39. The van der Waals surface area contributed by atoms with Crippen LogP contribution in [0.2, 0.25) is 0 Å². The number of nitrogens with zero attached hydrogens (tertiary/aromatic N) is 1. The number of rotatable bonds is 3. The largest absolute Gasteiger partial charge is 0.508 e. The maximum atomic E-state index is 12.7. The number of carbonyl (C=O) groups excluding carboxylic acids is 1. The van der Waals surface area contributed by atoms with Crippen LogP contribution in [0.5, 0.6) is 5.75 Å². The molecule has 2 aromatic rings. The third-order valence-electron chi connectivity index (χ3n) is 4.70. The van der Waals surface area contributed by atoms with Gasteiger partial charge in [0.15, 0.2) is 0 Å². The highest BCUT2D eigenvalue weighted by molar-refractivity contribution is 7.14. The van der Waals surface area contributed by atoms with Gasteiger partial charge in [-0.15, -0.1) is 11.3 Å². The molecule has 0 aliphatic carbocycles. The number of aromatic hydroxyl groups is 1. The van der Waals surface area contributed by atoms with Crippen molar-refractivity contribution in [2.45, 2.75) is 39.0 Å². The number of hydrogen-bond acceptors (Lipinski definition) is 3. The van der Waals surface area contributed by atoms with Gasteiger partial charge in [0.2, 0.25) is 0 Å². The minimum Gasteiger partial charge on any atom is -0.508 e. The van der Waals surface area contributed by atoms with E-state index in [4.69, 9.17) is 0 Å². The SMILES string of the molecule is CCc1sc(C(=O)N2CCC(c3ccc(O)cc3)CC2)cc1C. The Morgan fingerprint density at radius 1 is 1.26 bits per heavy atom. The van der Waals surface area contributed by atoms with Crippen LogP contribution >= 0.6 is 11.3 Å². The summed E-state index contributed by atoms with van der Waals surface area (Å²) >= 11 is 1.64. The fraction of sp³-hybridized carbons (Fsp3) is 0.421. The van der Waals surface area contributed by atoms with Crippen molar-refractivity contribution in [3.05, 3.63) is 51.2 Å². The number of benzene rings is 1. The predicted octanol–water partition coefficient (Wildman–Crippen LogP) is 4.34. The van der Waals surface area contributed by atoms with Crippen LogP contribution in [-0.2, 0) is 6.42 Å². The summed E-state index contributed by atoms with van der Waals surface area (Å²) in [6, 6.07) is 9.51. The third kappa shape index (κ3) is 3.42. The number of piperidine rings is 1. The Labute approximate surface area is 141 Å². The van der Waals surface area contributed by atoms with Crippen LogP contribution in [0.1, 0.15) is 51.4 Å². The average molecular weight is 329 g/mol. The van der Waals surface area contributed by atoms with E-state index in [1.165, 1.54) is 16.0 Å². The van der Waals surface area contributed by atoms with E-state index in [9.17, 15) is 9.90 Å². The summed E-state index contributed by atoms with van der Waals surface area (Å²) in [4.78, 5) is 16.8. The van der Waals surface area contributed by atoms with Crippen LogP contribution < -0.4 is 0 Å². The lowest BCUT2D eigenvalue weighted by Crippen LogP contribution is -2.37. The van der Waals surface area contributed by atoms with E-state index in [0.29, 0.717) is 11.7 Å². The Morgan fingerprint density at radius 2 is 1.91 bits per heavy atom. The normalized spacial score (nSPS) is 15.8. The van der Waals surface area contributed by atoms with E-state index in [0.717, 1.165) is 37.2 Å². The van der Waals surface area contributed by atoms with Gasteiger partial charge in [-0.2, -0.15) is 0 Å². The van der Waals surface area contributed by atoms with Gasteiger partial charge in [-0.1, -0.05) is 19.1 Å². The Kier molecular flexibility index (Phi) is 4.71. The standard InChI is InChI=1S/C19H23NO2S/c1-3-17-13(2)12-18(23-17)19(22)20-10-8-15(9-11-20)14-4-6-16(21)7-5-14/h4-7,12,15,21H,3,8-11H2,1-2H3. The van der Waals surface area contributed by atoms with Crippen molar-refractivity contribution in [1.82, 2.24) is 4.90 Å². The third-order valence-corrected chi connectivity index (χ3v) is 6.07. The smallest absolute Gasteiger partial charge is 0.263 e. The number of phenolic OH excluding ortho intramolecular Hbond substituents is 1. The highest BCUT2D eigenvalue weighted by Crippen LogP contribution is 2.31. The molecule has 0 bridgehead atoms. The van der Waals surface area contributed by atoms with Crippen molar-refractivity contribution in [1.29, 1.82) is 0 Å². The first-order valence-electron chi connectivity index (χ1n) is 8.26. The molecule has 1 saturated heterocycles. The van der Waals surface area contributed by atoms with Crippen LogP contribution in [0.15, 0.2) is 30.3 Å². The van der Waals surface area contributed by atoms with Crippen LogP contribution in [-0.4, -0.2) is 29.0 Å². The second-order valence-corrected chi connectivity index (χ2v) is 7.37.